The van der Waals surface area contributed by atoms with Crippen molar-refractivity contribution in [2.24, 2.45) is 0 Å². The number of hydrogen-bond donors (Lipinski definition) is 0. The van der Waals surface area contributed by atoms with Crippen LogP contribution in [0, 0.1) is 5.82 Å². The first-order valence-electron chi connectivity index (χ1n) is 4.20. The van der Waals surface area contributed by atoms with Gasteiger partial charge in [0.1, 0.15) is 11.9 Å². The number of carbonyl (C=O) groups is 1. The van der Waals surface area contributed by atoms with Gasteiger partial charge in [-0.25, -0.2) is 4.39 Å². The normalized spacial score (nSPS) is 21.6. The van der Waals surface area contributed by atoms with E-state index >= 15 is 0 Å². The summed E-state index contributed by atoms with van der Waals surface area (Å²) in [6.45, 7) is 0. The van der Waals surface area contributed by atoms with Gasteiger partial charge < -0.3 is 4.74 Å². The minimum atomic E-state index is -0.291. The second-order valence-electron chi connectivity index (χ2n) is 3.07. The van der Waals surface area contributed by atoms with Gasteiger partial charge in [-0.3, -0.25) is 4.79 Å². The molecule has 0 spiro atoms. The van der Waals surface area contributed by atoms with Crippen LogP contribution in [-0.2, 0) is 9.53 Å². The molecule has 1 aromatic carbocycles. The molecule has 0 aromatic heterocycles. The summed E-state index contributed by atoms with van der Waals surface area (Å²) in [5, 5.41) is 0. The van der Waals surface area contributed by atoms with Gasteiger partial charge in [0.15, 0.2) is 0 Å². The highest BCUT2D eigenvalue weighted by molar-refractivity contribution is 5.71. The Morgan fingerprint density at radius 1 is 1.46 bits per heavy atom. The molecule has 2 nitrogen and oxygen atoms in total. The van der Waals surface area contributed by atoms with Crippen molar-refractivity contribution < 1.29 is 13.9 Å². The Bertz CT molecular complexity index is 335. The molecule has 0 amide bonds. The van der Waals surface area contributed by atoms with Crippen molar-refractivity contribution in [3.05, 3.63) is 35.6 Å². The number of esters is 1. The summed E-state index contributed by atoms with van der Waals surface area (Å²) in [6, 6.07) is 6.17. The second-order valence-corrected chi connectivity index (χ2v) is 3.07. The fraction of sp³-hybridized carbons (Fsp3) is 0.300. The summed E-state index contributed by atoms with van der Waals surface area (Å²) in [7, 11) is 0. The standard InChI is InChI=1S/C10H9FO2/c11-8-3-1-2-7(6-8)9-4-5-10(12)13-9/h1-3,6,9H,4-5H2/t9-/m0/s1. The van der Waals surface area contributed by atoms with Crippen LogP contribution >= 0.6 is 0 Å². The lowest BCUT2D eigenvalue weighted by Gasteiger charge is -2.08. The highest BCUT2D eigenvalue weighted by atomic mass is 19.1. The summed E-state index contributed by atoms with van der Waals surface area (Å²) in [5.74, 6) is -0.491. The molecule has 1 aromatic rings. The van der Waals surface area contributed by atoms with Crippen LogP contribution in [-0.4, -0.2) is 5.97 Å². The van der Waals surface area contributed by atoms with Crippen molar-refractivity contribution in [3.8, 4) is 0 Å². The van der Waals surface area contributed by atoms with Gasteiger partial charge in [0.05, 0.1) is 0 Å². The zero-order valence-electron chi connectivity index (χ0n) is 7.00. The summed E-state index contributed by atoms with van der Waals surface area (Å²) >= 11 is 0. The maximum atomic E-state index is 12.8. The predicted octanol–water partition coefficient (Wildman–Crippen LogP) is 2.20. The Morgan fingerprint density at radius 2 is 2.31 bits per heavy atom. The van der Waals surface area contributed by atoms with Crippen molar-refractivity contribution in [2.45, 2.75) is 18.9 Å². The van der Waals surface area contributed by atoms with Crippen LogP contribution < -0.4 is 0 Å². The molecule has 1 heterocycles. The highest BCUT2D eigenvalue weighted by Gasteiger charge is 2.24. The fourth-order valence-corrected chi connectivity index (χ4v) is 1.47. The molecular weight excluding hydrogens is 171 g/mol. The van der Waals surface area contributed by atoms with E-state index < -0.39 is 0 Å². The Morgan fingerprint density at radius 3 is 2.92 bits per heavy atom. The third kappa shape index (κ3) is 1.69. The Labute approximate surface area is 75.3 Å². The summed E-state index contributed by atoms with van der Waals surface area (Å²) < 4.78 is 17.8. The van der Waals surface area contributed by atoms with Gasteiger partial charge in [0.2, 0.25) is 0 Å². The second kappa shape index (κ2) is 3.17. The van der Waals surface area contributed by atoms with Crippen LogP contribution in [0.25, 0.3) is 0 Å². The van der Waals surface area contributed by atoms with Crippen molar-refractivity contribution in [3.63, 3.8) is 0 Å². The van der Waals surface area contributed by atoms with Crippen LogP contribution in [0.2, 0.25) is 0 Å². The van der Waals surface area contributed by atoms with Crippen LogP contribution in [0.4, 0.5) is 4.39 Å². The molecule has 0 unspecified atom stereocenters. The summed E-state index contributed by atoms with van der Waals surface area (Å²) in [6.07, 6.45) is 0.840. The third-order valence-electron chi connectivity index (χ3n) is 2.10. The van der Waals surface area contributed by atoms with Crippen molar-refractivity contribution in [2.75, 3.05) is 0 Å². The molecule has 2 rings (SSSR count). The topological polar surface area (TPSA) is 26.3 Å². The number of halogens is 1. The van der Waals surface area contributed by atoms with Gasteiger partial charge in [-0.05, 0) is 24.1 Å². The van der Waals surface area contributed by atoms with Crippen LogP contribution in [0.5, 0.6) is 0 Å². The molecule has 1 fully saturated rings. The maximum Gasteiger partial charge on any atom is 0.306 e. The van der Waals surface area contributed by atoms with Crippen molar-refractivity contribution in [1.29, 1.82) is 0 Å². The molecule has 68 valence electrons. The average Bonchev–Trinajstić information content (AvgIpc) is 2.52. The van der Waals surface area contributed by atoms with Gasteiger partial charge >= 0.3 is 5.97 Å². The number of carbonyl (C=O) groups excluding carboxylic acids is 1. The minimum Gasteiger partial charge on any atom is -0.457 e. The van der Waals surface area contributed by atoms with Crippen LogP contribution in [0.3, 0.4) is 0 Å². The van der Waals surface area contributed by atoms with Gasteiger partial charge in [0, 0.05) is 6.42 Å². The van der Waals surface area contributed by atoms with E-state index in [2.05, 4.69) is 0 Å². The highest BCUT2D eigenvalue weighted by Crippen LogP contribution is 2.29. The third-order valence-corrected chi connectivity index (χ3v) is 2.10. The molecular formula is C10H9FO2. The number of cyclic esters (lactones) is 1. The lowest BCUT2D eigenvalue weighted by Crippen LogP contribution is -1.98. The lowest BCUT2D eigenvalue weighted by molar-refractivity contribution is -0.141. The van der Waals surface area contributed by atoms with Crippen LogP contribution in [0.1, 0.15) is 24.5 Å². The summed E-state index contributed by atoms with van der Waals surface area (Å²) in [5.41, 5.74) is 0.742. The number of hydrogen-bond acceptors (Lipinski definition) is 2. The van der Waals surface area contributed by atoms with E-state index in [9.17, 15) is 9.18 Å². The van der Waals surface area contributed by atoms with E-state index in [1.807, 2.05) is 0 Å². The molecule has 0 saturated carbocycles. The molecule has 13 heavy (non-hydrogen) atoms. The molecule has 1 saturated heterocycles. The van der Waals surface area contributed by atoms with Gasteiger partial charge in [-0.2, -0.15) is 0 Å². The maximum absolute atomic E-state index is 12.8. The lowest BCUT2D eigenvalue weighted by atomic mass is 10.1. The molecule has 0 radical (unpaired) electrons. The van der Waals surface area contributed by atoms with Crippen LogP contribution in [0.15, 0.2) is 24.3 Å². The van der Waals surface area contributed by atoms with E-state index in [-0.39, 0.29) is 17.9 Å². The first-order chi connectivity index (χ1) is 6.25. The van der Waals surface area contributed by atoms with Crippen molar-refractivity contribution >= 4 is 5.97 Å². The largest absolute Gasteiger partial charge is 0.457 e. The monoisotopic (exact) mass is 180 g/mol. The first-order valence-corrected chi connectivity index (χ1v) is 4.20. The Hall–Kier alpha value is -1.38. The molecule has 0 aliphatic carbocycles. The molecule has 0 N–H and O–H groups in total. The zero-order valence-corrected chi connectivity index (χ0v) is 7.00. The SMILES string of the molecule is O=C1CC[C@@H](c2cccc(F)c2)O1. The van der Waals surface area contributed by atoms with E-state index in [0.29, 0.717) is 12.8 Å². The van der Waals surface area contributed by atoms with E-state index in [1.54, 1.807) is 12.1 Å². The van der Waals surface area contributed by atoms with Gasteiger partial charge in [-0.1, -0.05) is 12.1 Å². The van der Waals surface area contributed by atoms with E-state index in [1.165, 1.54) is 12.1 Å². The number of rotatable bonds is 1. The Kier molecular flexibility index (Phi) is 2.00. The quantitative estimate of drug-likeness (QED) is 0.619. The first kappa shape index (κ1) is 8.23. The molecule has 1 aliphatic heterocycles. The minimum absolute atomic E-state index is 0.200. The smallest absolute Gasteiger partial charge is 0.306 e. The van der Waals surface area contributed by atoms with Gasteiger partial charge in [0.25, 0.3) is 0 Å². The molecule has 0 bridgehead atoms. The van der Waals surface area contributed by atoms with Gasteiger partial charge in [-0.15, -0.1) is 0 Å². The Balaban J connectivity index is 2.21. The molecule has 3 heteroatoms. The average molecular weight is 180 g/mol. The number of benzene rings is 1. The number of ether oxygens (including phenoxy) is 1. The zero-order chi connectivity index (χ0) is 9.26. The fourth-order valence-electron chi connectivity index (χ4n) is 1.47. The van der Waals surface area contributed by atoms with E-state index in [0.717, 1.165) is 5.56 Å². The van der Waals surface area contributed by atoms with Crippen molar-refractivity contribution in [1.82, 2.24) is 0 Å². The predicted molar refractivity (Wildman–Crippen MR) is 44.5 cm³/mol. The molecule has 1 atom stereocenters. The molecule has 1 aliphatic rings. The van der Waals surface area contributed by atoms with E-state index in [4.69, 9.17) is 4.74 Å². The summed E-state index contributed by atoms with van der Waals surface area (Å²) in [4.78, 5) is 10.8.